The quantitative estimate of drug-likeness (QED) is 0.453. The molecule has 0 bridgehead atoms. The van der Waals surface area contributed by atoms with Crippen LogP contribution in [0.5, 0.6) is 0 Å². The van der Waals surface area contributed by atoms with Gasteiger partial charge in [-0.05, 0) is 0 Å². The van der Waals surface area contributed by atoms with Gasteiger partial charge in [0, 0.05) is 20.1 Å². The summed E-state index contributed by atoms with van der Waals surface area (Å²) in [5, 5.41) is 2.69. The zero-order valence-electron chi connectivity index (χ0n) is 10.6. The Morgan fingerprint density at radius 1 is 1.47 bits per heavy atom. The maximum absolute atomic E-state index is 11.6. The van der Waals surface area contributed by atoms with Crippen molar-refractivity contribution in [2.45, 2.75) is 13.0 Å². The van der Waals surface area contributed by atoms with Crippen LogP contribution in [0.15, 0.2) is 9.59 Å². The predicted octanol–water partition coefficient (Wildman–Crippen LogP) is -1.95. The zero-order chi connectivity index (χ0) is 14.4. The number of ether oxygens (including phenoxy) is 1. The van der Waals surface area contributed by atoms with Crippen LogP contribution in [0.1, 0.15) is 6.42 Å². The van der Waals surface area contributed by atoms with Crippen LogP contribution in [0.4, 0.5) is 11.5 Å². The highest BCUT2D eigenvalue weighted by Crippen LogP contribution is 2.09. The van der Waals surface area contributed by atoms with Gasteiger partial charge >= 0.3 is 5.69 Å². The van der Waals surface area contributed by atoms with Gasteiger partial charge in [0.05, 0.1) is 13.2 Å². The van der Waals surface area contributed by atoms with E-state index in [1.165, 1.54) is 11.7 Å². The van der Waals surface area contributed by atoms with Gasteiger partial charge in [0.1, 0.15) is 11.5 Å². The van der Waals surface area contributed by atoms with E-state index in [0.29, 0.717) is 0 Å². The molecule has 0 spiro atoms. The average molecular weight is 271 g/mol. The Balaban J connectivity index is 3.00. The second-order valence-electron chi connectivity index (χ2n) is 3.81. The van der Waals surface area contributed by atoms with E-state index >= 15 is 0 Å². The van der Waals surface area contributed by atoms with Crippen molar-refractivity contribution in [3.05, 3.63) is 20.8 Å². The minimum atomic E-state index is -0.638. The number of hydrogen-bond acceptors (Lipinski definition) is 6. The summed E-state index contributed by atoms with van der Waals surface area (Å²) in [6, 6.07) is 0. The Morgan fingerprint density at radius 3 is 2.74 bits per heavy atom. The molecule has 0 saturated heterocycles. The Bertz CT molecular complexity index is 562. The van der Waals surface area contributed by atoms with Crippen LogP contribution >= 0.6 is 0 Å². The van der Waals surface area contributed by atoms with E-state index in [1.54, 1.807) is 0 Å². The Hall–Kier alpha value is -2.29. The summed E-state index contributed by atoms with van der Waals surface area (Å²) in [6.07, 6.45) is 0.0517. The van der Waals surface area contributed by atoms with Crippen LogP contribution in [-0.4, -0.2) is 35.7 Å². The monoisotopic (exact) mass is 271 g/mol. The van der Waals surface area contributed by atoms with Crippen molar-refractivity contribution in [3.63, 3.8) is 0 Å². The first-order valence-electron chi connectivity index (χ1n) is 5.61. The number of hydrogen-bond donors (Lipinski definition) is 4. The van der Waals surface area contributed by atoms with Crippen LogP contribution in [0.3, 0.4) is 0 Å². The van der Waals surface area contributed by atoms with Crippen LogP contribution in [0, 0.1) is 0 Å². The third-order valence-electron chi connectivity index (χ3n) is 2.43. The minimum absolute atomic E-state index is 0.00438. The van der Waals surface area contributed by atoms with Crippen molar-refractivity contribution in [2.24, 2.45) is 5.73 Å². The molecular weight excluding hydrogens is 254 g/mol. The van der Waals surface area contributed by atoms with Crippen LogP contribution in [0.2, 0.25) is 0 Å². The number of carbonyl (C=O) groups excluding carboxylic acids is 1. The molecule has 1 heterocycles. The number of aromatic amines is 1. The Labute approximate surface area is 108 Å². The van der Waals surface area contributed by atoms with Gasteiger partial charge in [0.25, 0.3) is 5.56 Å². The summed E-state index contributed by atoms with van der Waals surface area (Å²) < 4.78 is 6.03. The molecule has 9 nitrogen and oxygen atoms in total. The van der Waals surface area contributed by atoms with Gasteiger partial charge in [-0.15, -0.1) is 0 Å². The molecule has 6 N–H and O–H groups in total. The number of aromatic nitrogens is 2. The molecule has 0 aromatic carbocycles. The first-order chi connectivity index (χ1) is 8.97. The number of anilines is 2. The lowest BCUT2D eigenvalue weighted by molar-refractivity contribution is -0.117. The zero-order valence-corrected chi connectivity index (χ0v) is 10.6. The number of nitrogen functional groups attached to an aromatic ring is 1. The normalized spacial score (nSPS) is 10.4. The third-order valence-corrected chi connectivity index (χ3v) is 2.43. The lowest BCUT2D eigenvalue weighted by Gasteiger charge is -2.13. The summed E-state index contributed by atoms with van der Waals surface area (Å²) >= 11 is 0. The number of nitrogens with zero attached hydrogens (tertiary/aromatic N) is 1. The lowest BCUT2D eigenvalue weighted by atomic mass is 10.3. The second kappa shape index (κ2) is 6.59. The van der Waals surface area contributed by atoms with Crippen LogP contribution in [0.25, 0.3) is 0 Å². The smallest absolute Gasteiger partial charge is 0.330 e. The predicted molar refractivity (Wildman–Crippen MR) is 69.9 cm³/mol. The average Bonchev–Trinajstić information content (AvgIpc) is 2.32. The maximum atomic E-state index is 11.6. The summed E-state index contributed by atoms with van der Waals surface area (Å²) in [4.78, 5) is 35.9. The highest BCUT2D eigenvalue weighted by Gasteiger charge is 2.11. The minimum Gasteiger partial charge on any atom is -0.383 e. The van der Waals surface area contributed by atoms with Crippen molar-refractivity contribution in [1.29, 1.82) is 0 Å². The molecule has 0 aliphatic rings. The topological polar surface area (TPSA) is 145 Å². The van der Waals surface area contributed by atoms with Gasteiger partial charge in [-0.3, -0.25) is 19.1 Å². The molecule has 1 rings (SSSR count). The number of rotatable bonds is 7. The molecule has 0 saturated carbocycles. The first-order valence-corrected chi connectivity index (χ1v) is 5.61. The molecule has 106 valence electrons. The Kier molecular flexibility index (Phi) is 5.12. The van der Waals surface area contributed by atoms with Crippen molar-refractivity contribution in [2.75, 3.05) is 31.3 Å². The summed E-state index contributed by atoms with van der Waals surface area (Å²) in [6.45, 7) is 0.643. The number of nitrogens with two attached hydrogens (primary N) is 2. The number of carbonyl (C=O) groups is 1. The number of primary amides is 1. The van der Waals surface area contributed by atoms with Crippen LogP contribution < -0.4 is 28.0 Å². The SMILES string of the molecule is COCCn1c(N)c(NCCC(N)=O)c(=O)[nH]c1=O. The van der Waals surface area contributed by atoms with Crippen LogP contribution in [-0.2, 0) is 16.1 Å². The fourth-order valence-electron chi connectivity index (χ4n) is 1.47. The van der Waals surface area contributed by atoms with E-state index in [1.807, 2.05) is 0 Å². The molecule has 9 heteroatoms. The van der Waals surface area contributed by atoms with E-state index in [0.717, 1.165) is 0 Å². The van der Waals surface area contributed by atoms with E-state index in [-0.39, 0.29) is 37.6 Å². The van der Waals surface area contributed by atoms with Gasteiger partial charge < -0.3 is 21.5 Å². The molecule has 1 aromatic heterocycles. The lowest BCUT2D eigenvalue weighted by Crippen LogP contribution is -2.35. The molecule has 0 aliphatic heterocycles. The summed E-state index contributed by atoms with van der Waals surface area (Å²) in [7, 11) is 1.49. The Morgan fingerprint density at radius 2 is 2.16 bits per heavy atom. The number of H-pyrrole nitrogens is 1. The molecule has 0 aliphatic carbocycles. The molecular formula is C10H17N5O4. The van der Waals surface area contributed by atoms with Gasteiger partial charge in [-0.2, -0.15) is 0 Å². The van der Waals surface area contributed by atoms with Gasteiger partial charge in [-0.1, -0.05) is 0 Å². The fraction of sp³-hybridized carbons (Fsp3) is 0.500. The van der Waals surface area contributed by atoms with Crippen molar-refractivity contribution < 1.29 is 9.53 Å². The standard InChI is InChI=1S/C10H17N5O4/c1-19-5-4-15-8(12)7(9(17)14-10(15)18)13-3-2-6(11)16/h13H,2-5,12H2,1H3,(H2,11,16)(H,14,17,18). The maximum Gasteiger partial charge on any atom is 0.330 e. The number of nitrogens with one attached hydrogen (secondary N) is 2. The summed E-state index contributed by atoms with van der Waals surface area (Å²) in [5.74, 6) is -0.509. The molecule has 0 atom stereocenters. The van der Waals surface area contributed by atoms with E-state index in [4.69, 9.17) is 16.2 Å². The molecule has 0 fully saturated rings. The van der Waals surface area contributed by atoms with Crippen molar-refractivity contribution >= 4 is 17.4 Å². The first kappa shape index (κ1) is 14.8. The van der Waals surface area contributed by atoms with E-state index in [2.05, 4.69) is 10.3 Å². The van der Waals surface area contributed by atoms with Gasteiger partial charge in [-0.25, -0.2) is 4.79 Å². The van der Waals surface area contributed by atoms with E-state index in [9.17, 15) is 14.4 Å². The van der Waals surface area contributed by atoms with Crippen molar-refractivity contribution in [3.8, 4) is 0 Å². The molecule has 0 radical (unpaired) electrons. The number of methoxy groups -OCH3 is 1. The fourth-order valence-corrected chi connectivity index (χ4v) is 1.47. The van der Waals surface area contributed by atoms with Crippen molar-refractivity contribution in [1.82, 2.24) is 9.55 Å². The highest BCUT2D eigenvalue weighted by molar-refractivity contribution is 5.74. The largest absolute Gasteiger partial charge is 0.383 e. The van der Waals surface area contributed by atoms with Gasteiger partial charge in [0.2, 0.25) is 5.91 Å². The second-order valence-corrected chi connectivity index (χ2v) is 3.81. The van der Waals surface area contributed by atoms with Gasteiger partial charge in [0.15, 0.2) is 0 Å². The molecule has 19 heavy (non-hydrogen) atoms. The molecule has 1 amide bonds. The summed E-state index contributed by atoms with van der Waals surface area (Å²) in [5.41, 5.74) is 9.53. The molecule has 1 aromatic rings. The third kappa shape index (κ3) is 3.85. The van der Waals surface area contributed by atoms with E-state index < -0.39 is 17.2 Å². The number of amides is 1. The molecule has 0 unspecified atom stereocenters. The highest BCUT2D eigenvalue weighted by atomic mass is 16.5.